The highest BCUT2D eigenvalue weighted by atomic mass is 16.5. The first-order chi connectivity index (χ1) is 10.1. The van der Waals surface area contributed by atoms with Crippen LogP contribution in [0.2, 0.25) is 0 Å². The van der Waals surface area contributed by atoms with Crippen molar-refractivity contribution < 1.29 is 9.53 Å². The quantitative estimate of drug-likeness (QED) is 0.773. The number of benzene rings is 1. The summed E-state index contributed by atoms with van der Waals surface area (Å²) in [5.74, 6) is 0.901. The van der Waals surface area contributed by atoms with Crippen LogP contribution in [-0.4, -0.2) is 37.4 Å². The van der Waals surface area contributed by atoms with Crippen molar-refractivity contribution in [1.29, 1.82) is 0 Å². The molecule has 1 aliphatic rings. The van der Waals surface area contributed by atoms with Crippen LogP contribution in [0.4, 0.5) is 0 Å². The average Bonchev–Trinajstić information content (AvgIpc) is 2.75. The minimum absolute atomic E-state index is 0.194. The summed E-state index contributed by atoms with van der Waals surface area (Å²) in [6.07, 6.45) is 5.77. The van der Waals surface area contributed by atoms with E-state index < -0.39 is 0 Å². The highest BCUT2D eigenvalue weighted by Crippen LogP contribution is 2.24. The molecule has 0 atom stereocenters. The van der Waals surface area contributed by atoms with Gasteiger partial charge in [-0.05, 0) is 63.0 Å². The Morgan fingerprint density at radius 2 is 1.71 bits per heavy atom. The van der Waals surface area contributed by atoms with Gasteiger partial charge in [-0.25, -0.2) is 0 Å². The minimum Gasteiger partial charge on any atom is -0.496 e. The smallest absolute Gasteiger partial charge is 0.167 e. The normalized spacial score (nSPS) is 16.5. The largest absolute Gasteiger partial charge is 0.496 e. The zero-order chi connectivity index (χ0) is 15.2. The summed E-state index contributed by atoms with van der Waals surface area (Å²) in [6, 6.07) is 3.94. The van der Waals surface area contributed by atoms with E-state index in [9.17, 15) is 4.79 Å². The molecule has 0 amide bonds. The van der Waals surface area contributed by atoms with Gasteiger partial charge >= 0.3 is 0 Å². The van der Waals surface area contributed by atoms with Gasteiger partial charge in [-0.3, -0.25) is 4.79 Å². The van der Waals surface area contributed by atoms with Crippen LogP contribution < -0.4 is 4.74 Å². The molecule has 0 spiro atoms. The number of rotatable bonds is 5. The van der Waals surface area contributed by atoms with E-state index in [1.165, 1.54) is 25.7 Å². The number of ketones is 1. The molecule has 0 bridgehead atoms. The standard InChI is InChI=1S/C18H27NO2/c1-14-12-16(18(21-3)13-15(14)2)17(20)8-11-19-9-6-4-5-7-10-19/h12-13H,4-11H2,1-3H3. The molecule has 1 heterocycles. The fourth-order valence-corrected chi connectivity index (χ4v) is 2.93. The number of hydrogen-bond donors (Lipinski definition) is 0. The van der Waals surface area contributed by atoms with Crippen molar-refractivity contribution >= 4 is 5.78 Å². The maximum Gasteiger partial charge on any atom is 0.167 e. The second kappa shape index (κ2) is 7.60. The van der Waals surface area contributed by atoms with Crippen LogP contribution >= 0.6 is 0 Å². The number of nitrogens with zero attached hydrogens (tertiary/aromatic N) is 1. The van der Waals surface area contributed by atoms with Crippen LogP contribution in [-0.2, 0) is 0 Å². The summed E-state index contributed by atoms with van der Waals surface area (Å²) >= 11 is 0. The first kappa shape index (κ1) is 16.0. The minimum atomic E-state index is 0.194. The number of carbonyl (C=O) groups excluding carboxylic acids is 1. The number of likely N-dealkylation sites (tertiary alicyclic amines) is 1. The van der Waals surface area contributed by atoms with Crippen LogP contribution in [0.5, 0.6) is 5.75 Å². The second-order valence-corrected chi connectivity index (χ2v) is 6.07. The van der Waals surface area contributed by atoms with Gasteiger partial charge in [0.25, 0.3) is 0 Å². The van der Waals surface area contributed by atoms with Crippen molar-refractivity contribution in [3.8, 4) is 5.75 Å². The Morgan fingerprint density at radius 3 is 2.33 bits per heavy atom. The van der Waals surface area contributed by atoms with Crippen molar-refractivity contribution in [3.63, 3.8) is 0 Å². The molecule has 0 N–H and O–H groups in total. The van der Waals surface area contributed by atoms with Gasteiger partial charge in [0, 0.05) is 13.0 Å². The molecular formula is C18H27NO2. The van der Waals surface area contributed by atoms with Gasteiger partial charge in [0.1, 0.15) is 5.75 Å². The van der Waals surface area contributed by atoms with Gasteiger partial charge in [-0.15, -0.1) is 0 Å². The Balaban J connectivity index is 2.01. The Kier molecular flexibility index (Phi) is 5.80. The lowest BCUT2D eigenvalue weighted by Crippen LogP contribution is -2.27. The lowest BCUT2D eigenvalue weighted by atomic mass is 10.0. The summed E-state index contributed by atoms with van der Waals surface area (Å²) in [5, 5.41) is 0. The number of Topliss-reactive ketones (excluding diaryl/α,β-unsaturated/α-hetero) is 1. The summed E-state index contributed by atoms with van der Waals surface area (Å²) in [4.78, 5) is 14.9. The van der Waals surface area contributed by atoms with Crippen LogP contribution in [0.25, 0.3) is 0 Å². The molecule has 0 radical (unpaired) electrons. The van der Waals surface area contributed by atoms with E-state index in [2.05, 4.69) is 4.90 Å². The Labute approximate surface area is 128 Å². The molecule has 1 aromatic carbocycles. The van der Waals surface area contributed by atoms with Crippen molar-refractivity contribution in [1.82, 2.24) is 4.90 Å². The first-order valence-corrected chi connectivity index (χ1v) is 8.02. The molecule has 1 aromatic rings. The van der Waals surface area contributed by atoms with Crippen molar-refractivity contribution in [2.75, 3.05) is 26.7 Å². The van der Waals surface area contributed by atoms with Crippen LogP contribution in [0.1, 0.15) is 53.6 Å². The molecule has 0 aromatic heterocycles. The molecule has 116 valence electrons. The molecule has 21 heavy (non-hydrogen) atoms. The van der Waals surface area contributed by atoms with Gasteiger partial charge < -0.3 is 9.64 Å². The molecule has 3 nitrogen and oxygen atoms in total. The van der Waals surface area contributed by atoms with E-state index in [-0.39, 0.29) is 5.78 Å². The third-order valence-corrected chi connectivity index (χ3v) is 4.47. The molecule has 1 fully saturated rings. The fourth-order valence-electron chi connectivity index (χ4n) is 2.93. The van der Waals surface area contributed by atoms with E-state index >= 15 is 0 Å². The maximum absolute atomic E-state index is 12.5. The zero-order valence-corrected chi connectivity index (χ0v) is 13.6. The van der Waals surface area contributed by atoms with E-state index in [0.717, 1.165) is 36.3 Å². The average molecular weight is 289 g/mol. The van der Waals surface area contributed by atoms with Gasteiger partial charge in [0.05, 0.1) is 12.7 Å². The van der Waals surface area contributed by atoms with Crippen molar-refractivity contribution in [2.45, 2.75) is 46.0 Å². The number of ether oxygens (including phenoxy) is 1. The topological polar surface area (TPSA) is 29.5 Å². The van der Waals surface area contributed by atoms with Crippen molar-refractivity contribution in [2.24, 2.45) is 0 Å². The molecule has 0 unspecified atom stereocenters. The SMILES string of the molecule is COc1cc(C)c(C)cc1C(=O)CCN1CCCCCC1. The number of hydrogen-bond acceptors (Lipinski definition) is 3. The van der Waals surface area contributed by atoms with Gasteiger partial charge in [-0.1, -0.05) is 12.8 Å². The van der Waals surface area contributed by atoms with Crippen LogP contribution in [0.15, 0.2) is 12.1 Å². The molecule has 1 aliphatic heterocycles. The Hall–Kier alpha value is -1.35. The maximum atomic E-state index is 12.5. The number of aryl methyl sites for hydroxylation is 2. The third-order valence-electron chi connectivity index (χ3n) is 4.47. The fraction of sp³-hybridized carbons (Fsp3) is 0.611. The molecular weight excluding hydrogens is 262 g/mol. The summed E-state index contributed by atoms with van der Waals surface area (Å²) in [7, 11) is 1.63. The van der Waals surface area contributed by atoms with Crippen molar-refractivity contribution in [3.05, 3.63) is 28.8 Å². The van der Waals surface area contributed by atoms with Gasteiger partial charge in [-0.2, -0.15) is 0 Å². The van der Waals surface area contributed by atoms with Gasteiger partial charge in [0.15, 0.2) is 5.78 Å². The number of methoxy groups -OCH3 is 1. The molecule has 0 saturated carbocycles. The molecule has 0 aliphatic carbocycles. The Morgan fingerprint density at radius 1 is 1.10 bits per heavy atom. The number of carbonyl (C=O) groups is 1. The van der Waals surface area contributed by atoms with E-state index in [1.807, 2.05) is 26.0 Å². The molecule has 3 heteroatoms. The lowest BCUT2D eigenvalue weighted by Gasteiger charge is -2.19. The van der Waals surface area contributed by atoms with E-state index in [0.29, 0.717) is 12.2 Å². The second-order valence-electron chi connectivity index (χ2n) is 6.07. The summed E-state index contributed by atoms with van der Waals surface area (Å²) < 4.78 is 5.38. The highest BCUT2D eigenvalue weighted by molar-refractivity contribution is 5.99. The highest BCUT2D eigenvalue weighted by Gasteiger charge is 2.16. The van der Waals surface area contributed by atoms with Gasteiger partial charge in [0.2, 0.25) is 0 Å². The van der Waals surface area contributed by atoms with Crippen LogP contribution in [0.3, 0.4) is 0 Å². The molecule has 1 saturated heterocycles. The predicted octanol–water partition coefficient (Wildman–Crippen LogP) is 3.76. The predicted molar refractivity (Wildman–Crippen MR) is 86.3 cm³/mol. The molecule has 2 rings (SSSR count). The zero-order valence-electron chi connectivity index (χ0n) is 13.6. The first-order valence-electron chi connectivity index (χ1n) is 8.02. The lowest BCUT2D eigenvalue weighted by molar-refractivity contribution is 0.0962. The third kappa shape index (κ3) is 4.31. The van der Waals surface area contributed by atoms with Crippen LogP contribution in [0, 0.1) is 13.8 Å². The van der Waals surface area contributed by atoms with E-state index in [1.54, 1.807) is 7.11 Å². The van der Waals surface area contributed by atoms with E-state index in [4.69, 9.17) is 4.74 Å². The Bertz CT molecular complexity index is 488. The summed E-state index contributed by atoms with van der Waals surface area (Å²) in [6.45, 7) is 7.23. The summed E-state index contributed by atoms with van der Waals surface area (Å²) in [5.41, 5.74) is 3.04. The monoisotopic (exact) mass is 289 g/mol.